The van der Waals surface area contributed by atoms with Crippen molar-refractivity contribution in [1.29, 1.82) is 0 Å². The van der Waals surface area contributed by atoms with Crippen LogP contribution in [-0.2, 0) is 4.79 Å². The fourth-order valence-electron chi connectivity index (χ4n) is 2.30. The van der Waals surface area contributed by atoms with Gasteiger partial charge < -0.3 is 5.11 Å². The molecule has 0 aromatic carbocycles. The lowest BCUT2D eigenvalue weighted by Crippen LogP contribution is -2.25. The van der Waals surface area contributed by atoms with Gasteiger partial charge in [-0.15, -0.1) is 0 Å². The molecule has 1 heterocycles. The number of H-pyrrole nitrogens is 1. The lowest BCUT2D eigenvalue weighted by Gasteiger charge is -2.27. The molecule has 0 amide bonds. The summed E-state index contributed by atoms with van der Waals surface area (Å²) in [6, 6.07) is 0. The molecule has 1 aliphatic rings. The first kappa shape index (κ1) is 10.7. The first-order valence-corrected chi connectivity index (χ1v) is 5.91. The molecule has 1 aromatic heterocycles. The van der Waals surface area contributed by atoms with E-state index in [2.05, 4.69) is 26.1 Å². The monoisotopic (exact) mass is 272 g/mol. The molecule has 2 unspecified atom stereocenters. The van der Waals surface area contributed by atoms with Crippen LogP contribution in [0.2, 0.25) is 0 Å². The third-order valence-electron chi connectivity index (χ3n) is 3.06. The molecule has 2 atom stereocenters. The van der Waals surface area contributed by atoms with Gasteiger partial charge in [-0.1, -0.05) is 12.8 Å². The van der Waals surface area contributed by atoms with Gasteiger partial charge in [-0.05, 0) is 28.8 Å². The zero-order valence-corrected chi connectivity index (χ0v) is 9.83. The number of hydrogen-bond donors (Lipinski definition) is 2. The molecule has 4 nitrogen and oxygen atoms in total. The molecule has 0 spiro atoms. The second-order valence-corrected chi connectivity index (χ2v) is 4.81. The van der Waals surface area contributed by atoms with E-state index in [1.807, 2.05) is 0 Å². The van der Waals surface area contributed by atoms with E-state index in [-0.39, 0.29) is 11.8 Å². The molecule has 0 radical (unpaired) electrons. The van der Waals surface area contributed by atoms with Crippen molar-refractivity contribution in [3.63, 3.8) is 0 Å². The van der Waals surface area contributed by atoms with Crippen LogP contribution in [-0.4, -0.2) is 21.3 Å². The molecule has 0 saturated heterocycles. The van der Waals surface area contributed by atoms with Gasteiger partial charge in [0.2, 0.25) is 0 Å². The standard InChI is InChI=1S/C10H13BrN2O2/c11-8-5-12-13-9(8)6-3-1-2-4-7(6)10(14)15/h5-7H,1-4H2,(H,12,13)(H,14,15). The molecular formula is C10H13BrN2O2. The van der Waals surface area contributed by atoms with E-state index < -0.39 is 5.97 Å². The summed E-state index contributed by atoms with van der Waals surface area (Å²) in [7, 11) is 0. The Bertz CT molecular complexity index is 364. The van der Waals surface area contributed by atoms with Crippen LogP contribution in [0.15, 0.2) is 10.7 Å². The van der Waals surface area contributed by atoms with Crippen molar-refractivity contribution < 1.29 is 9.90 Å². The van der Waals surface area contributed by atoms with Gasteiger partial charge in [0.1, 0.15) is 0 Å². The van der Waals surface area contributed by atoms with Gasteiger partial charge in [0.05, 0.1) is 16.1 Å². The number of aromatic nitrogens is 2. The van der Waals surface area contributed by atoms with Crippen LogP contribution in [0.25, 0.3) is 0 Å². The van der Waals surface area contributed by atoms with Gasteiger partial charge in [0, 0.05) is 12.1 Å². The summed E-state index contributed by atoms with van der Waals surface area (Å²) in [4.78, 5) is 11.1. The summed E-state index contributed by atoms with van der Waals surface area (Å²) >= 11 is 3.39. The molecule has 0 aliphatic heterocycles. The van der Waals surface area contributed by atoms with Crippen LogP contribution in [0.5, 0.6) is 0 Å². The Balaban J connectivity index is 2.25. The molecule has 1 aliphatic carbocycles. The van der Waals surface area contributed by atoms with Crippen LogP contribution in [0.1, 0.15) is 37.3 Å². The van der Waals surface area contributed by atoms with Gasteiger partial charge in [-0.25, -0.2) is 0 Å². The molecule has 1 aromatic rings. The first-order chi connectivity index (χ1) is 7.20. The fraction of sp³-hybridized carbons (Fsp3) is 0.600. The van der Waals surface area contributed by atoms with Gasteiger partial charge in [-0.3, -0.25) is 9.89 Å². The van der Waals surface area contributed by atoms with Crippen molar-refractivity contribution in [2.45, 2.75) is 31.6 Å². The molecule has 2 N–H and O–H groups in total. The summed E-state index contributed by atoms with van der Waals surface area (Å²) in [6.45, 7) is 0. The van der Waals surface area contributed by atoms with Crippen molar-refractivity contribution in [2.24, 2.45) is 5.92 Å². The molecule has 0 bridgehead atoms. The minimum Gasteiger partial charge on any atom is -0.481 e. The van der Waals surface area contributed by atoms with Crippen LogP contribution in [0.4, 0.5) is 0 Å². The van der Waals surface area contributed by atoms with Crippen LogP contribution < -0.4 is 0 Å². The third-order valence-corrected chi connectivity index (χ3v) is 3.69. The second-order valence-electron chi connectivity index (χ2n) is 3.95. The topological polar surface area (TPSA) is 66.0 Å². The quantitative estimate of drug-likeness (QED) is 0.870. The lowest BCUT2D eigenvalue weighted by atomic mass is 9.77. The smallest absolute Gasteiger partial charge is 0.307 e. The van der Waals surface area contributed by atoms with Gasteiger partial charge in [0.25, 0.3) is 0 Å². The number of carbonyl (C=O) groups is 1. The molecule has 15 heavy (non-hydrogen) atoms. The third kappa shape index (κ3) is 2.07. The number of aromatic amines is 1. The van der Waals surface area contributed by atoms with Crippen LogP contribution in [0.3, 0.4) is 0 Å². The first-order valence-electron chi connectivity index (χ1n) is 5.12. The van der Waals surface area contributed by atoms with E-state index in [1.165, 1.54) is 0 Å². The summed E-state index contributed by atoms with van der Waals surface area (Å²) in [5, 5.41) is 16.0. The van der Waals surface area contributed by atoms with E-state index in [0.717, 1.165) is 35.8 Å². The SMILES string of the molecule is O=C(O)C1CCCCC1c1n[nH]cc1Br. The van der Waals surface area contributed by atoms with E-state index >= 15 is 0 Å². The highest BCUT2D eigenvalue weighted by Crippen LogP contribution is 2.39. The Hall–Kier alpha value is -0.840. The average Bonchev–Trinajstić information content (AvgIpc) is 2.64. The van der Waals surface area contributed by atoms with E-state index in [9.17, 15) is 4.79 Å². The Morgan fingerprint density at radius 2 is 2.27 bits per heavy atom. The maximum Gasteiger partial charge on any atom is 0.307 e. The second kappa shape index (κ2) is 4.35. The lowest BCUT2D eigenvalue weighted by molar-refractivity contribution is -0.143. The number of nitrogens with one attached hydrogen (secondary N) is 1. The molecule has 82 valence electrons. The minimum atomic E-state index is -0.699. The summed E-state index contributed by atoms with van der Waals surface area (Å²) in [5.41, 5.74) is 0.863. The summed E-state index contributed by atoms with van der Waals surface area (Å²) < 4.78 is 0.889. The van der Waals surface area contributed by atoms with Gasteiger partial charge >= 0.3 is 5.97 Å². The molecule has 5 heteroatoms. The largest absolute Gasteiger partial charge is 0.481 e. The number of halogens is 1. The number of nitrogens with zero attached hydrogens (tertiary/aromatic N) is 1. The zero-order chi connectivity index (χ0) is 10.8. The van der Waals surface area contributed by atoms with E-state index in [1.54, 1.807) is 6.20 Å². The molecular weight excluding hydrogens is 260 g/mol. The summed E-state index contributed by atoms with van der Waals surface area (Å²) in [5.74, 6) is -0.926. The number of hydrogen-bond acceptors (Lipinski definition) is 2. The highest BCUT2D eigenvalue weighted by molar-refractivity contribution is 9.10. The number of carboxylic acid groups (broad SMARTS) is 1. The normalized spacial score (nSPS) is 26.5. The fourth-order valence-corrected chi connectivity index (χ4v) is 2.78. The maximum absolute atomic E-state index is 11.1. The predicted octanol–water partition coefficient (Wildman–Crippen LogP) is 2.53. The molecule has 1 fully saturated rings. The number of rotatable bonds is 2. The van der Waals surface area contributed by atoms with Crippen LogP contribution in [0, 0.1) is 5.92 Å². The van der Waals surface area contributed by atoms with E-state index in [0.29, 0.717) is 0 Å². The van der Waals surface area contributed by atoms with Crippen molar-refractivity contribution in [3.8, 4) is 0 Å². The van der Waals surface area contributed by atoms with E-state index in [4.69, 9.17) is 5.11 Å². The summed E-state index contributed by atoms with van der Waals surface area (Å²) in [6.07, 6.45) is 5.53. The van der Waals surface area contributed by atoms with Gasteiger partial charge in [0.15, 0.2) is 0 Å². The van der Waals surface area contributed by atoms with Crippen molar-refractivity contribution in [1.82, 2.24) is 10.2 Å². The van der Waals surface area contributed by atoms with Crippen molar-refractivity contribution >= 4 is 21.9 Å². The predicted molar refractivity (Wildman–Crippen MR) is 58.6 cm³/mol. The Kier molecular flexibility index (Phi) is 3.09. The molecule has 2 rings (SSSR count). The Labute approximate surface area is 96.2 Å². The number of carboxylic acids is 1. The minimum absolute atomic E-state index is 0.0527. The highest BCUT2D eigenvalue weighted by Gasteiger charge is 2.34. The Morgan fingerprint density at radius 1 is 1.53 bits per heavy atom. The van der Waals surface area contributed by atoms with Crippen LogP contribution >= 0.6 is 15.9 Å². The number of aliphatic carboxylic acids is 1. The Morgan fingerprint density at radius 3 is 2.87 bits per heavy atom. The van der Waals surface area contributed by atoms with Gasteiger partial charge in [-0.2, -0.15) is 5.10 Å². The van der Waals surface area contributed by atoms with Crippen molar-refractivity contribution in [2.75, 3.05) is 0 Å². The zero-order valence-electron chi connectivity index (χ0n) is 8.24. The average molecular weight is 273 g/mol. The molecule has 1 saturated carbocycles. The highest BCUT2D eigenvalue weighted by atomic mass is 79.9. The maximum atomic E-state index is 11.1. The van der Waals surface area contributed by atoms with Crippen molar-refractivity contribution in [3.05, 3.63) is 16.4 Å².